The van der Waals surface area contributed by atoms with Crippen LogP contribution < -0.4 is 0 Å². The van der Waals surface area contributed by atoms with Crippen molar-refractivity contribution in [2.45, 2.75) is 39.5 Å². The molecule has 0 radical (unpaired) electrons. The molecular weight excluding hydrogens is 319 g/mol. The Kier molecular flexibility index (Phi) is 5.11. The predicted molar refractivity (Wildman–Crippen MR) is 94.4 cm³/mol. The van der Waals surface area contributed by atoms with E-state index in [9.17, 15) is 14.0 Å². The second-order valence-electron chi connectivity index (χ2n) is 7.86. The lowest BCUT2D eigenvalue weighted by atomic mass is 9.77. The highest BCUT2D eigenvalue weighted by atomic mass is 19.1. The Morgan fingerprint density at radius 3 is 2.52 bits per heavy atom. The summed E-state index contributed by atoms with van der Waals surface area (Å²) in [4.78, 5) is 29.1. The topological polar surface area (TPSA) is 40.6 Å². The average Bonchev–Trinajstić information content (AvgIpc) is 2.85. The number of hydrogen-bond acceptors (Lipinski definition) is 2. The molecule has 2 aliphatic heterocycles. The van der Waals surface area contributed by atoms with Gasteiger partial charge in [0, 0.05) is 26.2 Å². The number of rotatable bonds is 4. The Morgan fingerprint density at radius 1 is 1.20 bits per heavy atom. The van der Waals surface area contributed by atoms with Gasteiger partial charge in [0.05, 0.1) is 11.8 Å². The molecule has 1 aromatic carbocycles. The lowest BCUT2D eigenvalue weighted by Crippen LogP contribution is -2.47. The number of benzene rings is 1. The van der Waals surface area contributed by atoms with Crippen LogP contribution in [0.25, 0.3) is 0 Å². The molecule has 0 N–H and O–H groups in total. The number of piperidine rings is 1. The number of carbonyl (C=O) groups is 2. The fraction of sp³-hybridized carbons (Fsp3) is 0.600. The highest BCUT2D eigenvalue weighted by molar-refractivity contribution is 5.85. The number of carbonyl (C=O) groups excluding carboxylic acids is 2. The van der Waals surface area contributed by atoms with E-state index in [1.165, 1.54) is 12.1 Å². The monoisotopic (exact) mass is 346 g/mol. The molecule has 2 amide bonds. The zero-order valence-corrected chi connectivity index (χ0v) is 15.1. The van der Waals surface area contributed by atoms with Crippen LogP contribution in [0.5, 0.6) is 0 Å². The van der Waals surface area contributed by atoms with Gasteiger partial charge in [-0.1, -0.05) is 26.0 Å². The molecule has 5 heteroatoms. The van der Waals surface area contributed by atoms with Gasteiger partial charge in [0.2, 0.25) is 11.8 Å². The smallest absolute Gasteiger partial charge is 0.229 e. The van der Waals surface area contributed by atoms with Crippen LogP contribution in [0.3, 0.4) is 0 Å². The quantitative estimate of drug-likeness (QED) is 0.841. The van der Waals surface area contributed by atoms with Crippen molar-refractivity contribution in [1.29, 1.82) is 0 Å². The third-order valence-electron chi connectivity index (χ3n) is 5.50. The number of nitrogens with zero attached hydrogens (tertiary/aromatic N) is 2. The first-order valence-corrected chi connectivity index (χ1v) is 9.21. The van der Waals surface area contributed by atoms with Gasteiger partial charge in [0.15, 0.2) is 0 Å². The first-order valence-electron chi connectivity index (χ1n) is 9.21. The van der Waals surface area contributed by atoms with Crippen LogP contribution in [0.15, 0.2) is 24.3 Å². The zero-order chi connectivity index (χ0) is 18.0. The Labute approximate surface area is 149 Å². The number of amides is 2. The third kappa shape index (κ3) is 3.86. The van der Waals surface area contributed by atoms with Crippen LogP contribution in [-0.2, 0) is 16.0 Å². The van der Waals surface area contributed by atoms with Crippen LogP contribution >= 0.6 is 0 Å². The molecule has 4 nitrogen and oxygen atoms in total. The minimum Gasteiger partial charge on any atom is -0.342 e. The molecule has 2 saturated heterocycles. The van der Waals surface area contributed by atoms with Gasteiger partial charge < -0.3 is 9.80 Å². The molecule has 1 aromatic rings. The molecule has 0 unspecified atom stereocenters. The number of halogens is 1. The van der Waals surface area contributed by atoms with Gasteiger partial charge in [0.1, 0.15) is 5.82 Å². The second-order valence-corrected chi connectivity index (χ2v) is 7.86. The van der Waals surface area contributed by atoms with Gasteiger partial charge in [-0.05, 0) is 42.9 Å². The second kappa shape index (κ2) is 7.14. The summed E-state index contributed by atoms with van der Waals surface area (Å²) in [6.45, 7) is 7.17. The summed E-state index contributed by atoms with van der Waals surface area (Å²) >= 11 is 0. The Morgan fingerprint density at radius 2 is 1.88 bits per heavy atom. The maximum Gasteiger partial charge on any atom is 0.229 e. The van der Waals surface area contributed by atoms with Crippen molar-refractivity contribution in [3.8, 4) is 0 Å². The molecule has 0 bridgehead atoms. The van der Waals surface area contributed by atoms with Gasteiger partial charge >= 0.3 is 0 Å². The highest BCUT2D eigenvalue weighted by Gasteiger charge is 2.48. The molecule has 3 rings (SSSR count). The zero-order valence-electron chi connectivity index (χ0n) is 15.1. The van der Waals surface area contributed by atoms with Crippen LogP contribution in [-0.4, -0.2) is 47.8 Å². The standard InChI is InChI=1S/C20H27FN2O2/c1-15(2)14-23-11-8-20(19(23)25)6-9-22(10-7-20)18(24)13-16-4-3-5-17(21)12-16/h3-5,12,15H,6-11,13-14H2,1-2H3. The summed E-state index contributed by atoms with van der Waals surface area (Å²) in [6, 6.07) is 6.20. The van der Waals surface area contributed by atoms with Crippen LogP contribution in [0.1, 0.15) is 38.7 Å². The lowest BCUT2D eigenvalue weighted by molar-refractivity contribution is -0.142. The maximum absolute atomic E-state index is 13.3. The molecule has 0 atom stereocenters. The van der Waals surface area contributed by atoms with Crippen LogP contribution in [0.2, 0.25) is 0 Å². The van der Waals surface area contributed by atoms with Gasteiger partial charge in [-0.25, -0.2) is 4.39 Å². The molecular formula is C20H27FN2O2. The molecule has 2 fully saturated rings. The van der Waals surface area contributed by atoms with E-state index in [1.807, 2.05) is 9.80 Å². The van der Waals surface area contributed by atoms with Crippen molar-refractivity contribution in [3.63, 3.8) is 0 Å². The van der Waals surface area contributed by atoms with E-state index < -0.39 is 0 Å². The SMILES string of the molecule is CC(C)CN1CCC2(CCN(C(=O)Cc3cccc(F)c3)CC2)C1=O. The molecule has 0 saturated carbocycles. The number of hydrogen-bond donors (Lipinski definition) is 0. The van der Waals surface area contributed by atoms with E-state index in [-0.39, 0.29) is 29.5 Å². The van der Waals surface area contributed by atoms with Crippen molar-refractivity contribution in [3.05, 3.63) is 35.6 Å². The molecule has 25 heavy (non-hydrogen) atoms. The van der Waals surface area contributed by atoms with E-state index in [1.54, 1.807) is 12.1 Å². The van der Waals surface area contributed by atoms with Crippen molar-refractivity contribution >= 4 is 11.8 Å². The average molecular weight is 346 g/mol. The third-order valence-corrected chi connectivity index (χ3v) is 5.50. The van der Waals surface area contributed by atoms with Gasteiger partial charge in [-0.15, -0.1) is 0 Å². The minimum absolute atomic E-state index is 0.0185. The summed E-state index contributed by atoms with van der Waals surface area (Å²) < 4.78 is 13.3. The van der Waals surface area contributed by atoms with E-state index >= 15 is 0 Å². The molecule has 2 aliphatic rings. The fourth-order valence-corrected chi connectivity index (χ4v) is 4.09. The summed E-state index contributed by atoms with van der Waals surface area (Å²) in [5.41, 5.74) is 0.440. The first kappa shape index (κ1) is 17.9. The van der Waals surface area contributed by atoms with Crippen molar-refractivity contribution < 1.29 is 14.0 Å². The van der Waals surface area contributed by atoms with Gasteiger partial charge in [-0.3, -0.25) is 9.59 Å². The van der Waals surface area contributed by atoms with Crippen LogP contribution in [0.4, 0.5) is 4.39 Å². The Hall–Kier alpha value is -1.91. The molecule has 1 spiro atoms. The van der Waals surface area contributed by atoms with E-state index in [0.29, 0.717) is 24.6 Å². The molecule has 0 aliphatic carbocycles. The van der Waals surface area contributed by atoms with E-state index in [2.05, 4.69) is 13.8 Å². The lowest BCUT2D eigenvalue weighted by Gasteiger charge is -2.38. The summed E-state index contributed by atoms with van der Waals surface area (Å²) in [5, 5.41) is 0. The van der Waals surface area contributed by atoms with Gasteiger partial charge in [0.25, 0.3) is 0 Å². The fourth-order valence-electron chi connectivity index (χ4n) is 4.09. The highest BCUT2D eigenvalue weighted by Crippen LogP contribution is 2.41. The summed E-state index contributed by atoms with van der Waals surface area (Å²) in [6.07, 6.45) is 2.62. The molecule has 2 heterocycles. The van der Waals surface area contributed by atoms with Crippen molar-refractivity contribution in [2.24, 2.45) is 11.3 Å². The van der Waals surface area contributed by atoms with Crippen molar-refractivity contribution in [2.75, 3.05) is 26.2 Å². The Balaban J connectivity index is 1.56. The Bertz CT molecular complexity index is 651. The van der Waals surface area contributed by atoms with Crippen LogP contribution in [0, 0.1) is 17.2 Å². The predicted octanol–water partition coefficient (Wildman–Crippen LogP) is 2.87. The first-order chi connectivity index (χ1) is 11.9. The van der Waals surface area contributed by atoms with Crippen molar-refractivity contribution in [1.82, 2.24) is 9.80 Å². The molecule has 136 valence electrons. The van der Waals surface area contributed by atoms with E-state index in [0.717, 1.165) is 32.4 Å². The minimum atomic E-state index is -0.315. The summed E-state index contributed by atoms with van der Waals surface area (Å²) in [5.74, 6) is 0.458. The normalized spacial score (nSPS) is 19.9. The maximum atomic E-state index is 13.3. The van der Waals surface area contributed by atoms with E-state index in [4.69, 9.17) is 0 Å². The molecule has 0 aromatic heterocycles. The number of likely N-dealkylation sites (tertiary alicyclic amines) is 2. The summed E-state index contributed by atoms with van der Waals surface area (Å²) in [7, 11) is 0. The largest absolute Gasteiger partial charge is 0.342 e. The van der Waals surface area contributed by atoms with Gasteiger partial charge in [-0.2, -0.15) is 0 Å².